The zero-order valence-corrected chi connectivity index (χ0v) is 16.4. The average Bonchev–Trinajstić information content (AvgIpc) is 3.32. The van der Waals surface area contributed by atoms with Crippen LogP contribution in [0.2, 0.25) is 0 Å². The first-order valence-electron chi connectivity index (χ1n) is 9.64. The van der Waals surface area contributed by atoms with E-state index in [1.54, 1.807) is 24.3 Å². The van der Waals surface area contributed by atoms with Crippen LogP contribution in [0, 0.1) is 6.92 Å². The monoisotopic (exact) mass is 404 g/mol. The van der Waals surface area contributed by atoms with Gasteiger partial charge >= 0.3 is 0 Å². The fourth-order valence-electron chi connectivity index (χ4n) is 3.25. The number of amides is 3. The van der Waals surface area contributed by atoms with Gasteiger partial charge in [-0.3, -0.25) is 19.3 Å². The summed E-state index contributed by atoms with van der Waals surface area (Å²) in [6, 6.07) is 14.5. The molecule has 3 aromatic rings. The van der Waals surface area contributed by atoms with E-state index in [9.17, 15) is 14.4 Å². The molecule has 0 aliphatic carbocycles. The van der Waals surface area contributed by atoms with Crippen LogP contribution in [0.25, 0.3) is 11.4 Å². The Hall–Kier alpha value is -3.81. The van der Waals surface area contributed by atoms with Crippen molar-refractivity contribution in [1.82, 2.24) is 20.4 Å². The lowest BCUT2D eigenvalue weighted by atomic mass is 10.1. The van der Waals surface area contributed by atoms with Crippen molar-refractivity contribution in [3.05, 3.63) is 71.1 Å². The predicted molar refractivity (Wildman–Crippen MR) is 107 cm³/mol. The van der Waals surface area contributed by atoms with E-state index in [1.165, 1.54) is 4.90 Å². The molecule has 152 valence electrons. The van der Waals surface area contributed by atoms with Gasteiger partial charge < -0.3 is 9.84 Å². The molecule has 1 aromatic heterocycles. The summed E-state index contributed by atoms with van der Waals surface area (Å²) >= 11 is 0. The van der Waals surface area contributed by atoms with E-state index in [0.717, 1.165) is 11.1 Å². The molecule has 1 aliphatic heterocycles. The fraction of sp³-hybridized carbons (Fsp3) is 0.227. The summed E-state index contributed by atoms with van der Waals surface area (Å²) in [4.78, 5) is 42.2. The molecule has 0 bridgehead atoms. The fourth-order valence-corrected chi connectivity index (χ4v) is 3.25. The number of rotatable bonds is 7. The van der Waals surface area contributed by atoms with Crippen LogP contribution in [-0.4, -0.2) is 39.3 Å². The van der Waals surface area contributed by atoms with Crippen molar-refractivity contribution in [3.63, 3.8) is 0 Å². The molecule has 0 saturated heterocycles. The summed E-state index contributed by atoms with van der Waals surface area (Å²) in [5.74, 6) is -0.0816. The lowest BCUT2D eigenvalue weighted by Crippen LogP contribution is -2.32. The van der Waals surface area contributed by atoms with Crippen molar-refractivity contribution in [1.29, 1.82) is 0 Å². The Morgan fingerprint density at radius 2 is 1.70 bits per heavy atom. The van der Waals surface area contributed by atoms with E-state index in [2.05, 4.69) is 15.5 Å². The van der Waals surface area contributed by atoms with Gasteiger partial charge in [-0.1, -0.05) is 47.1 Å². The van der Waals surface area contributed by atoms with Gasteiger partial charge in [-0.2, -0.15) is 4.98 Å². The van der Waals surface area contributed by atoms with Crippen molar-refractivity contribution < 1.29 is 18.9 Å². The van der Waals surface area contributed by atoms with E-state index < -0.39 is 0 Å². The molecular weight excluding hydrogens is 384 g/mol. The predicted octanol–water partition coefficient (Wildman–Crippen LogP) is 2.74. The molecule has 30 heavy (non-hydrogen) atoms. The zero-order valence-electron chi connectivity index (χ0n) is 16.4. The normalized spacial score (nSPS) is 12.9. The van der Waals surface area contributed by atoms with Crippen molar-refractivity contribution in [2.45, 2.75) is 26.3 Å². The first-order chi connectivity index (χ1) is 14.5. The van der Waals surface area contributed by atoms with Gasteiger partial charge in [-0.25, -0.2) is 0 Å². The van der Waals surface area contributed by atoms with Crippen LogP contribution in [0.3, 0.4) is 0 Å². The largest absolute Gasteiger partial charge is 0.347 e. The zero-order chi connectivity index (χ0) is 21.1. The second-order valence-electron chi connectivity index (χ2n) is 7.07. The lowest BCUT2D eigenvalue weighted by Gasteiger charge is -2.13. The van der Waals surface area contributed by atoms with E-state index in [0.29, 0.717) is 29.3 Å². The van der Waals surface area contributed by atoms with Gasteiger partial charge in [0.05, 0.1) is 17.7 Å². The molecule has 3 amide bonds. The van der Waals surface area contributed by atoms with E-state index in [1.807, 2.05) is 31.2 Å². The first-order valence-corrected chi connectivity index (χ1v) is 9.64. The van der Waals surface area contributed by atoms with Crippen LogP contribution in [0.4, 0.5) is 0 Å². The third-order valence-electron chi connectivity index (χ3n) is 4.88. The summed E-state index contributed by atoms with van der Waals surface area (Å²) in [5, 5.41) is 6.64. The van der Waals surface area contributed by atoms with Crippen LogP contribution < -0.4 is 5.32 Å². The van der Waals surface area contributed by atoms with Crippen LogP contribution in [0.5, 0.6) is 0 Å². The molecule has 8 heteroatoms. The number of imide groups is 1. The van der Waals surface area contributed by atoms with Crippen molar-refractivity contribution in [3.8, 4) is 11.4 Å². The summed E-state index contributed by atoms with van der Waals surface area (Å²) in [5.41, 5.74) is 2.79. The number of hydrogen-bond donors (Lipinski definition) is 1. The molecule has 0 spiro atoms. The molecular formula is C22H20N4O4. The molecule has 0 saturated carbocycles. The minimum Gasteiger partial charge on any atom is -0.347 e. The molecule has 0 unspecified atom stereocenters. The smallest absolute Gasteiger partial charge is 0.261 e. The van der Waals surface area contributed by atoms with Gasteiger partial charge in [0.1, 0.15) is 0 Å². The molecule has 2 aromatic carbocycles. The molecule has 0 radical (unpaired) electrons. The lowest BCUT2D eigenvalue weighted by molar-refractivity contribution is -0.121. The Bertz CT molecular complexity index is 1070. The van der Waals surface area contributed by atoms with Crippen LogP contribution in [-0.2, 0) is 11.3 Å². The maximum Gasteiger partial charge on any atom is 0.261 e. The number of benzene rings is 2. The highest BCUT2D eigenvalue weighted by Crippen LogP contribution is 2.22. The molecule has 2 heterocycles. The van der Waals surface area contributed by atoms with E-state index in [4.69, 9.17) is 4.52 Å². The number of nitrogens with one attached hydrogen (secondary N) is 1. The summed E-state index contributed by atoms with van der Waals surface area (Å²) in [7, 11) is 0. The van der Waals surface area contributed by atoms with Crippen LogP contribution >= 0.6 is 0 Å². The van der Waals surface area contributed by atoms with E-state index >= 15 is 0 Å². The Morgan fingerprint density at radius 1 is 1.03 bits per heavy atom. The number of fused-ring (bicyclic) bond motifs is 1. The number of aryl methyl sites for hydroxylation is 1. The Labute approximate surface area is 172 Å². The highest BCUT2D eigenvalue weighted by molar-refractivity contribution is 6.21. The number of aromatic nitrogens is 2. The second kappa shape index (κ2) is 8.28. The summed E-state index contributed by atoms with van der Waals surface area (Å²) < 4.78 is 5.18. The van der Waals surface area contributed by atoms with Crippen LogP contribution in [0.1, 0.15) is 45.0 Å². The van der Waals surface area contributed by atoms with Gasteiger partial charge in [0.15, 0.2) is 0 Å². The van der Waals surface area contributed by atoms with Crippen molar-refractivity contribution in [2.75, 3.05) is 6.54 Å². The molecule has 1 N–H and O–H groups in total. The molecule has 0 atom stereocenters. The standard InChI is InChI=1S/C22H20N4O4/c1-14-8-10-15(11-9-14)20-24-19(30-25-20)13-23-18(27)7-4-12-26-21(28)16-5-2-3-6-17(16)22(26)29/h2-3,5-6,8-11H,4,7,12-13H2,1H3,(H,23,27). The minimum atomic E-state index is -0.314. The van der Waals surface area contributed by atoms with Gasteiger partial charge in [-0.05, 0) is 25.5 Å². The van der Waals surface area contributed by atoms with E-state index in [-0.39, 0.29) is 37.2 Å². The van der Waals surface area contributed by atoms with Gasteiger partial charge in [-0.15, -0.1) is 0 Å². The molecule has 4 rings (SSSR count). The van der Waals surface area contributed by atoms with Gasteiger partial charge in [0.2, 0.25) is 17.6 Å². The first kappa shape index (κ1) is 19.5. The van der Waals surface area contributed by atoms with Gasteiger partial charge in [0, 0.05) is 18.5 Å². The minimum absolute atomic E-state index is 0.116. The Balaban J connectivity index is 1.24. The second-order valence-corrected chi connectivity index (χ2v) is 7.07. The Kier molecular flexibility index (Phi) is 5.38. The van der Waals surface area contributed by atoms with Crippen molar-refractivity contribution >= 4 is 17.7 Å². The topological polar surface area (TPSA) is 105 Å². The maximum atomic E-state index is 12.3. The maximum absolute atomic E-state index is 12.3. The summed E-state index contributed by atoms with van der Waals surface area (Å²) in [6.45, 7) is 2.30. The highest BCUT2D eigenvalue weighted by atomic mass is 16.5. The molecule has 8 nitrogen and oxygen atoms in total. The number of hydrogen-bond acceptors (Lipinski definition) is 6. The molecule has 0 fully saturated rings. The van der Waals surface area contributed by atoms with Crippen LogP contribution in [0.15, 0.2) is 53.1 Å². The van der Waals surface area contributed by atoms with Gasteiger partial charge in [0.25, 0.3) is 11.8 Å². The number of carbonyl (C=O) groups is 3. The Morgan fingerprint density at radius 3 is 2.37 bits per heavy atom. The third-order valence-corrected chi connectivity index (χ3v) is 4.88. The number of carbonyl (C=O) groups excluding carboxylic acids is 3. The van der Waals surface area contributed by atoms with Crippen molar-refractivity contribution in [2.24, 2.45) is 0 Å². The average molecular weight is 404 g/mol. The number of nitrogens with zero attached hydrogens (tertiary/aromatic N) is 3. The molecule has 1 aliphatic rings. The third kappa shape index (κ3) is 3.98. The highest BCUT2D eigenvalue weighted by Gasteiger charge is 2.34. The SMILES string of the molecule is Cc1ccc(-c2noc(CNC(=O)CCCN3C(=O)c4ccccc4C3=O)n2)cc1. The quantitative estimate of drug-likeness (QED) is 0.607. The summed E-state index contributed by atoms with van der Waals surface area (Å²) in [6.07, 6.45) is 0.544.